The summed E-state index contributed by atoms with van der Waals surface area (Å²) in [6.45, 7) is 0.664. The van der Waals surface area contributed by atoms with E-state index in [0.717, 1.165) is 16.1 Å². The first-order valence-electron chi connectivity index (χ1n) is 7.11. The monoisotopic (exact) mass is 311 g/mol. The van der Waals surface area contributed by atoms with E-state index in [1.807, 2.05) is 42.5 Å². The van der Waals surface area contributed by atoms with E-state index in [1.165, 1.54) is 6.33 Å². The van der Waals surface area contributed by atoms with Crippen molar-refractivity contribution in [3.05, 3.63) is 83.4 Å². The van der Waals surface area contributed by atoms with E-state index in [1.54, 1.807) is 11.0 Å². The van der Waals surface area contributed by atoms with E-state index in [0.29, 0.717) is 6.54 Å². The number of nitrogens with zero attached hydrogens (tertiary/aromatic N) is 3. The Morgan fingerprint density at radius 3 is 2.45 bits per heavy atom. The number of aromatic nitrogens is 3. The van der Waals surface area contributed by atoms with Crippen LogP contribution in [0, 0.1) is 0 Å². The highest BCUT2D eigenvalue weighted by Crippen LogP contribution is 2.52. The molecule has 1 aromatic heterocycles. The minimum absolute atomic E-state index is 0.0257. The summed E-state index contributed by atoms with van der Waals surface area (Å²) < 4.78 is 7.96. The van der Waals surface area contributed by atoms with Crippen LogP contribution in [0.3, 0.4) is 0 Å². The zero-order valence-electron chi connectivity index (χ0n) is 11.8. The fraction of sp³-hybridized carbons (Fsp3) is 0.176. The molecule has 4 nitrogen and oxygen atoms in total. The van der Waals surface area contributed by atoms with Crippen LogP contribution in [-0.2, 0) is 16.9 Å². The van der Waals surface area contributed by atoms with Crippen LogP contribution in [0.4, 0.5) is 0 Å². The molecule has 1 fully saturated rings. The number of benzene rings is 2. The van der Waals surface area contributed by atoms with Gasteiger partial charge in [0.1, 0.15) is 24.4 Å². The van der Waals surface area contributed by atoms with Crippen LogP contribution in [0.25, 0.3) is 0 Å². The second-order valence-electron chi connectivity index (χ2n) is 5.33. The van der Waals surface area contributed by atoms with Crippen molar-refractivity contribution >= 4 is 11.6 Å². The normalized spacial score (nSPS) is 23.4. The molecule has 110 valence electrons. The average molecular weight is 312 g/mol. The molecule has 0 bridgehead atoms. The van der Waals surface area contributed by atoms with Gasteiger partial charge in [-0.1, -0.05) is 54.1 Å². The summed E-state index contributed by atoms with van der Waals surface area (Å²) in [6.07, 6.45) is 3.27. The van der Waals surface area contributed by atoms with Gasteiger partial charge in [-0.15, -0.1) is 0 Å². The summed E-state index contributed by atoms with van der Waals surface area (Å²) in [5, 5.41) is 4.89. The Morgan fingerprint density at radius 1 is 1.05 bits per heavy atom. The molecule has 5 heteroatoms. The number of ether oxygens (including phenoxy) is 1. The molecule has 4 rings (SSSR count). The smallest absolute Gasteiger partial charge is 0.147 e. The summed E-state index contributed by atoms with van der Waals surface area (Å²) in [6, 6.07) is 18.1. The van der Waals surface area contributed by atoms with Crippen LogP contribution in [-0.4, -0.2) is 20.9 Å². The van der Waals surface area contributed by atoms with Crippen LogP contribution in [0.2, 0.25) is 5.02 Å². The van der Waals surface area contributed by atoms with Gasteiger partial charge in [-0.3, -0.25) is 4.68 Å². The lowest BCUT2D eigenvalue weighted by Gasteiger charge is -2.14. The molecule has 0 aliphatic carbocycles. The maximum absolute atomic E-state index is 6.16. The van der Waals surface area contributed by atoms with E-state index < -0.39 is 5.60 Å². The summed E-state index contributed by atoms with van der Waals surface area (Å²) in [4.78, 5) is 3.99. The van der Waals surface area contributed by atoms with Crippen LogP contribution in [0.1, 0.15) is 11.1 Å². The second-order valence-corrected chi connectivity index (χ2v) is 5.77. The van der Waals surface area contributed by atoms with Gasteiger partial charge < -0.3 is 4.74 Å². The van der Waals surface area contributed by atoms with Crippen LogP contribution >= 0.6 is 11.6 Å². The first-order valence-corrected chi connectivity index (χ1v) is 7.48. The van der Waals surface area contributed by atoms with Gasteiger partial charge in [0.25, 0.3) is 0 Å². The molecule has 0 spiro atoms. The maximum atomic E-state index is 6.16. The predicted molar refractivity (Wildman–Crippen MR) is 83.6 cm³/mol. The molecule has 1 aliphatic rings. The standard InChI is InChI=1S/C17H14ClN3O/c18-15-8-6-14(7-9-15)17(13-4-2-1-3-5-13)16(22-17)10-21-12-19-11-20-21/h1-9,11-12,16H,10H2. The molecule has 2 heterocycles. The highest BCUT2D eigenvalue weighted by Gasteiger charge is 2.59. The molecule has 0 saturated carbocycles. The summed E-state index contributed by atoms with van der Waals surface area (Å²) >= 11 is 6.02. The number of hydrogen-bond donors (Lipinski definition) is 0. The van der Waals surface area contributed by atoms with E-state index in [2.05, 4.69) is 22.2 Å². The molecular formula is C17H14ClN3O. The van der Waals surface area contributed by atoms with E-state index in [4.69, 9.17) is 16.3 Å². The Labute approximate surface area is 133 Å². The van der Waals surface area contributed by atoms with Gasteiger partial charge in [-0.2, -0.15) is 5.10 Å². The largest absolute Gasteiger partial charge is 0.354 e. The van der Waals surface area contributed by atoms with Crippen LogP contribution < -0.4 is 0 Å². The Bertz CT molecular complexity index is 758. The molecule has 1 aliphatic heterocycles. The number of hydrogen-bond acceptors (Lipinski definition) is 3. The van der Waals surface area contributed by atoms with Crippen molar-refractivity contribution in [2.75, 3.05) is 0 Å². The van der Waals surface area contributed by atoms with Crippen molar-refractivity contribution in [3.63, 3.8) is 0 Å². The van der Waals surface area contributed by atoms with Gasteiger partial charge in [0.05, 0.1) is 6.54 Å². The van der Waals surface area contributed by atoms with Gasteiger partial charge >= 0.3 is 0 Å². The molecule has 3 aromatic rings. The third kappa shape index (κ3) is 2.21. The van der Waals surface area contributed by atoms with Gasteiger partial charge in [-0.05, 0) is 23.3 Å². The maximum Gasteiger partial charge on any atom is 0.147 e. The third-order valence-electron chi connectivity index (χ3n) is 4.02. The second kappa shape index (κ2) is 5.23. The van der Waals surface area contributed by atoms with Crippen molar-refractivity contribution < 1.29 is 4.74 Å². The summed E-state index contributed by atoms with van der Waals surface area (Å²) in [7, 11) is 0. The van der Waals surface area contributed by atoms with E-state index in [-0.39, 0.29) is 6.10 Å². The average Bonchev–Trinajstić information content (AvgIpc) is 3.02. The summed E-state index contributed by atoms with van der Waals surface area (Å²) in [5.74, 6) is 0. The summed E-state index contributed by atoms with van der Waals surface area (Å²) in [5.41, 5.74) is 1.81. The molecule has 0 radical (unpaired) electrons. The number of halogens is 1. The Morgan fingerprint density at radius 2 is 1.77 bits per heavy atom. The van der Waals surface area contributed by atoms with Crippen molar-refractivity contribution in [2.45, 2.75) is 18.2 Å². The van der Waals surface area contributed by atoms with Crippen molar-refractivity contribution in [1.29, 1.82) is 0 Å². The lowest BCUT2D eigenvalue weighted by atomic mass is 9.88. The Hall–Kier alpha value is -2.17. The van der Waals surface area contributed by atoms with Gasteiger partial charge in [0.2, 0.25) is 0 Å². The van der Waals surface area contributed by atoms with Gasteiger partial charge in [0, 0.05) is 5.02 Å². The van der Waals surface area contributed by atoms with E-state index in [9.17, 15) is 0 Å². The molecule has 22 heavy (non-hydrogen) atoms. The first kappa shape index (κ1) is 13.5. The molecule has 2 atom stereocenters. The molecular weight excluding hydrogens is 298 g/mol. The zero-order valence-corrected chi connectivity index (χ0v) is 12.5. The van der Waals surface area contributed by atoms with Crippen molar-refractivity contribution in [3.8, 4) is 0 Å². The van der Waals surface area contributed by atoms with Gasteiger partial charge in [0.15, 0.2) is 0 Å². The number of epoxide rings is 1. The van der Waals surface area contributed by atoms with Crippen molar-refractivity contribution in [2.24, 2.45) is 0 Å². The van der Waals surface area contributed by atoms with Gasteiger partial charge in [-0.25, -0.2) is 4.98 Å². The fourth-order valence-corrected chi connectivity index (χ4v) is 3.04. The molecule has 2 aromatic carbocycles. The minimum atomic E-state index is -0.433. The fourth-order valence-electron chi connectivity index (χ4n) is 2.91. The Kier molecular flexibility index (Phi) is 3.21. The third-order valence-corrected chi connectivity index (χ3v) is 4.27. The number of rotatable bonds is 4. The SMILES string of the molecule is Clc1ccc(C2(c3ccccc3)OC2Cn2cncn2)cc1. The van der Waals surface area contributed by atoms with Crippen LogP contribution in [0.5, 0.6) is 0 Å². The Balaban J connectivity index is 1.72. The van der Waals surface area contributed by atoms with Crippen LogP contribution in [0.15, 0.2) is 67.3 Å². The zero-order chi connectivity index (χ0) is 15.0. The van der Waals surface area contributed by atoms with E-state index >= 15 is 0 Å². The molecule has 0 N–H and O–H groups in total. The molecule has 2 unspecified atom stereocenters. The van der Waals surface area contributed by atoms with Crippen molar-refractivity contribution in [1.82, 2.24) is 14.8 Å². The first-order chi connectivity index (χ1) is 10.8. The minimum Gasteiger partial charge on any atom is -0.354 e. The molecule has 1 saturated heterocycles. The molecule has 0 amide bonds. The quantitative estimate of drug-likeness (QED) is 0.695. The lowest BCUT2D eigenvalue weighted by Crippen LogP contribution is -2.18. The highest BCUT2D eigenvalue weighted by molar-refractivity contribution is 6.30. The predicted octanol–water partition coefficient (Wildman–Crippen LogP) is 3.27. The lowest BCUT2D eigenvalue weighted by molar-refractivity contribution is 0.315. The highest BCUT2D eigenvalue weighted by atomic mass is 35.5. The topological polar surface area (TPSA) is 43.2 Å².